The quantitative estimate of drug-likeness (QED) is 0.750. The minimum Gasteiger partial charge on any atom is -0.480 e. The van der Waals surface area contributed by atoms with Gasteiger partial charge in [-0.15, -0.1) is 0 Å². The molecule has 0 aliphatic rings. The first-order valence-electron chi connectivity index (χ1n) is 7.71. The number of carboxylic acid groups (broad SMARTS) is 1. The largest absolute Gasteiger partial charge is 0.480 e. The average molecular weight is 323 g/mol. The van der Waals surface area contributed by atoms with Crippen LogP contribution in [0.3, 0.4) is 0 Å². The summed E-state index contributed by atoms with van der Waals surface area (Å²) in [7, 11) is 0. The third kappa shape index (κ3) is 3.15. The molecule has 0 saturated heterocycles. The summed E-state index contributed by atoms with van der Waals surface area (Å²) < 4.78 is 5.79. The molecule has 5 nitrogen and oxygen atoms in total. The van der Waals surface area contributed by atoms with Gasteiger partial charge in [-0.3, -0.25) is 4.79 Å². The number of para-hydroxylation sites is 1. The molecule has 1 amide bonds. The van der Waals surface area contributed by atoms with E-state index in [0.717, 1.165) is 22.3 Å². The minimum atomic E-state index is -1.04. The van der Waals surface area contributed by atoms with Crippen LogP contribution in [0, 0.1) is 0 Å². The second kappa shape index (κ2) is 6.58. The fourth-order valence-corrected chi connectivity index (χ4v) is 2.49. The summed E-state index contributed by atoms with van der Waals surface area (Å²) in [5.41, 5.74) is 2.07. The van der Waals surface area contributed by atoms with Crippen molar-refractivity contribution in [3.05, 3.63) is 60.2 Å². The van der Waals surface area contributed by atoms with E-state index in [1.165, 1.54) is 0 Å². The molecule has 1 heterocycles. The van der Waals surface area contributed by atoms with Crippen LogP contribution in [0.25, 0.3) is 22.3 Å². The van der Waals surface area contributed by atoms with Gasteiger partial charge in [-0.1, -0.05) is 37.3 Å². The van der Waals surface area contributed by atoms with E-state index in [4.69, 9.17) is 9.52 Å². The SMILES string of the molecule is CCC(NC(=O)c1ccc(-c2cc3ccccc3o2)cc1)C(=O)O. The van der Waals surface area contributed by atoms with Gasteiger partial charge in [0.2, 0.25) is 0 Å². The Balaban J connectivity index is 1.80. The van der Waals surface area contributed by atoms with E-state index >= 15 is 0 Å². The number of furan rings is 1. The lowest BCUT2D eigenvalue weighted by molar-refractivity contribution is -0.139. The van der Waals surface area contributed by atoms with Gasteiger partial charge in [0.25, 0.3) is 5.91 Å². The molecule has 122 valence electrons. The molecule has 24 heavy (non-hydrogen) atoms. The van der Waals surface area contributed by atoms with Crippen molar-refractivity contribution in [1.29, 1.82) is 0 Å². The van der Waals surface area contributed by atoms with Crippen LogP contribution in [0.2, 0.25) is 0 Å². The molecule has 2 aromatic carbocycles. The molecule has 3 aromatic rings. The van der Waals surface area contributed by atoms with Crippen molar-refractivity contribution in [2.24, 2.45) is 0 Å². The number of carbonyl (C=O) groups is 2. The summed E-state index contributed by atoms with van der Waals surface area (Å²) in [6.07, 6.45) is 0.331. The van der Waals surface area contributed by atoms with Crippen LogP contribution in [-0.4, -0.2) is 23.0 Å². The van der Waals surface area contributed by atoms with E-state index in [1.807, 2.05) is 30.3 Å². The maximum absolute atomic E-state index is 12.1. The maximum atomic E-state index is 12.1. The van der Waals surface area contributed by atoms with Gasteiger partial charge in [-0.25, -0.2) is 4.79 Å². The zero-order chi connectivity index (χ0) is 17.1. The van der Waals surface area contributed by atoms with Crippen LogP contribution in [0.15, 0.2) is 59.0 Å². The van der Waals surface area contributed by atoms with Crippen LogP contribution < -0.4 is 5.32 Å². The standard InChI is InChI=1S/C19H17NO4/c1-2-15(19(22)23)20-18(21)13-9-7-12(8-10-13)17-11-14-5-3-4-6-16(14)24-17/h3-11,15H,2H2,1H3,(H,20,21)(H,22,23). The van der Waals surface area contributed by atoms with E-state index in [1.54, 1.807) is 31.2 Å². The molecule has 0 radical (unpaired) electrons. The Morgan fingerprint density at radius 1 is 1.12 bits per heavy atom. The molecule has 0 fully saturated rings. The normalized spacial score (nSPS) is 12.0. The number of carboxylic acids is 1. The summed E-state index contributed by atoms with van der Waals surface area (Å²) in [6, 6.07) is 15.7. The first-order chi connectivity index (χ1) is 11.6. The van der Waals surface area contributed by atoms with E-state index in [0.29, 0.717) is 12.0 Å². The Hall–Kier alpha value is -3.08. The number of rotatable bonds is 5. The highest BCUT2D eigenvalue weighted by Gasteiger charge is 2.18. The van der Waals surface area contributed by atoms with E-state index < -0.39 is 17.9 Å². The number of hydrogen-bond acceptors (Lipinski definition) is 3. The number of fused-ring (bicyclic) bond motifs is 1. The molecule has 0 bridgehead atoms. The van der Waals surface area contributed by atoms with Crippen LogP contribution in [-0.2, 0) is 4.79 Å². The molecule has 1 unspecified atom stereocenters. The minimum absolute atomic E-state index is 0.331. The predicted molar refractivity (Wildman–Crippen MR) is 90.8 cm³/mol. The Morgan fingerprint density at radius 3 is 2.46 bits per heavy atom. The van der Waals surface area contributed by atoms with Crippen molar-refractivity contribution < 1.29 is 19.1 Å². The third-order valence-corrected chi connectivity index (χ3v) is 3.87. The zero-order valence-corrected chi connectivity index (χ0v) is 13.2. The van der Waals surface area contributed by atoms with Crippen molar-refractivity contribution in [2.75, 3.05) is 0 Å². The number of amides is 1. The number of hydrogen-bond donors (Lipinski definition) is 2. The monoisotopic (exact) mass is 323 g/mol. The number of nitrogens with one attached hydrogen (secondary N) is 1. The summed E-state index contributed by atoms with van der Waals surface area (Å²) in [6.45, 7) is 1.71. The third-order valence-electron chi connectivity index (χ3n) is 3.87. The van der Waals surface area contributed by atoms with E-state index in [2.05, 4.69) is 5.32 Å². The highest BCUT2D eigenvalue weighted by molar-refractivity contribution is 5.97. The van der Waals surface area contributed by atoms with Crippen LogP contribution >= 0.6 is 0 Å². The molecular weight excluding hydrogens is 306 g/mol. The van der Waals surface area contributed by atoms with Crippen molar-refractivity contribution in [1.82, 2.24) is 5.32 Å². The van der Waals surface area contributed by atoms with Crippen molar-refractivity contribution >= 4 is 22.8 Å². The van der Waals surface area contributed by atoms with Gasteiger partial charge in [-0.05, 0) is 30.7 Å². The highest BCUT2D eigenvalue weighted by Crippen LogP contribution is 2.27. The Bertz CT molecular complexity index is 847. The first-order valence-corrected chi connectivity index (χ1v) is 7.71. The van der Waals surface area contributed by atoms with Gasteiger partial charge in [0.1, 0.15) is 17.4 Å². The second-order valence-corrected chi connectivity index (χ2v) is 5.50. The molecule has 0 saturated carbocycles. The summed E-state index contributed by atoms with van der Waals surface area (Å²) >= 11 is 0. The van der Waals surface area contributed by atoms with Gasteiger partial charge in [0.05, 0.1) is 0 Å². The fourth-order valence-electron chi connectivity index (χ4n) is 2.49. The van der Waals surface area contributed by atoms with Crippen molar-refractivity contribution in [2.45, 2.75) is 19.4 Å². The highest BCUT2D eigenvalue weighted by atomic mass is 16.4. The van der Waals surface area contributed by atoms with Crippen LogP contribution in [0.4, 0.5) is 0 Å². The smallest absolute Gasteiger partial charge is 0.326 e. The summed E-state index contributed by atoms with van der Waals surface area (Å²) in [5.74, 6) is -0.717. The molecule has 1 atom stereocenters. The lowest BCUT2D eigenvalue weighted by Crippen LogP contribution is -2.40. The number of aliphatic carboxylic acids is 1. The summed E-state index contributed by atoms with van der Waals surface area (Å²) in [4.78, 5) is 23.1. The van der Waals surface area contributed by atoms with E-state index in [9.17, 15) is 9.59 Å². The number of carbonyl (C=O) groups excluding carboxylic acids is 1. The van der Waals surface area contributed by atoms with Gasteiger partial charge in [0, 0.05) is 16.5 Å². The molecule has 3 rings (SSSR count). The molecule has 1 aromatic heterocycles. The lowest BCUT2D eigenvalue weighted by Gasteiger charge is -2.12. The van der Waals surface area contributed by atoms with Crippen LogP contribution in [0.1, 0.15) is 23.7 Å². The molecular formula is C19H17NO4. The van der Waals surface area contributed by atoms with E-state index in [-0.39, 0.29) is 0 Å². The maximum Gasteiger partial charge on any atom is 0.326 e. The Kier molecular flexibility index (Phi) is 4.33. The molecule has 0 aliphatic carbocycles. The Morgan fingerprint density at radius 2 is 1.83 bits per heavy atom. The number of benzene rings is 2. The van der Waals surface area contributed by atoms with Crippen molar-refractivity contribution in [3.8, 4) is 11.3 Å². The molecule has 0 spiro atoms. The predicted octanol–water partition coefficient (Wildman–Crippen LogP) is 3.69. The second-order valence-electron chi connectivity index (χ2n) is 5.50. The molecule has 0 aliphatic heterocycles. The van der Waals surface area contributed by atoms with Gasteiger partial charge in [0.15, 0.2) is 0 Å². The van der Waals surface area contributed by atoms with Gasteiger partial charge >= 0.3 is 5.97 Å². The van der Waals surface area contributed by atoms with Gasteiger partial charge < -0.3 is 14.8 Å². The Labute approximate surface area is 138 Å². The topological polar surface area (TPSA) is 79.5 Å². The average Bonchev–Trinajstić information content (AvgIpc) is 3.03. The fraction of sp³-hybridized carbons (Fsp3) is 0.158. The molecule has 2 N–H and O–H groups in total. The van der Waals surface area contributed by atoms with Crippen LogP contribution in [0.5, 0.6) is 0 Å². The molecule has 5 heteroatoms. The van der Waals surface area contributed by atoms with Crippen molar-refractivity contribution in [3.63, 3.8) is 0 Å². The first kappa shape index (κ1) is 15.8. The van der Waals surface area contributed by atoms with Gasteiger partial charge in [-0.2, -0.15) is 0 Å². The lowest BCUT2D eigenvalue weighted by atomic mass is 10.1. The summed E-state index contributed by atoms with van der Waals surface area (Å²) in [5, 5.41) is 12.5. The zero-order valence-electron chi connectivity index (χ0n) is 13.2.